The first-order valence-electron chi connectivity index (χ1n) is 11.9. The summed E-state index contributed by atoms with van der Waals surface area (Å²) in [5.41, 5.74) is 0. The van der Waals surface area contributed by atoms with E-state index in [1.807, 2.05) is 0 Å². The molecule has 0 saturated heterocycles. The molecule has 15 heteroatoms. The average molecular weight is 545 g/mol. The van der Waals surface area contributed by atoms with Crippen LogP contribution >= 0.6 is 0 Å². The summed E-state index contributed by atoms with van der Waals surface area (Å²) in [6, 6.07) is -5.73. The quantitative estimate of drug-likeness (QED) is 0.108. The fourth-order valence-corrected chi connectivity index (χ4v) is 3.33. The molecule has 0 saturated carbocycles. The third-order valence-electron chi connectivity index (χ3n) is 5.18. The molecule has 0 aromatic rings. The van der Waals surface area contributed by atoms with Gasteiger partial charge in [-0.1, -0.05) is 20.8 Å². The summed E-state index contributed by atoms with van der Waals surface area (Å²) in [6.07, 6.45) is -2.06. The van der Waals surface area contributed by atoms with Gasteiger partial charge in [0.25, 0.3) is 0 Å². The van der Waals surface area contributed by atoms with E-state index in [2.05, 4.69) is 21.3 Å². The third kappa shape index (κ3) is 13.3. The summed E-state index contributed by atoms with van der Waals surface area (Å²) >= 11 is 0. The average Bonchev–Trinajstić information content (AvgIpc) is 2.77. The van der Waals surface area contributed by atoms with Crippen molar-refractivity contribution in [1.29, 1.82) is 0 Å². The van der Waals surface area contributed by atoms with Crippen LogP contribution < -0.4 is 21.3 Å². The number of rotatable bonds is 18. The molecule has 4 unspecified atom stereocenters. The van der Waals surface area contributed by atoms with Crippen LogP contribution in [0.25, 0.3) is 0 Å². The van der Waals surface area contributed by atoms with Gasteiger partial charge >= 0.3 is 17.9 Å². The Morgan fingerprint density at radius 2 is 1.13 bits per heavy atom. The number of nitrogens with one attached hydrogen (secondary N) is 4. The number of hydrogen-bond donors (Lipinski definition) is 7. The Kier molecular flexibility index (Phi) is 14.9. The van der Waals surface area contributed by atoms with Gasteiger partial charge < -0.3 is 36.6 Å². The molecular formula is C23H36N4O11. The van der Waals surface area contributed by atoms with E-state index < -0.39 is 103 Å². The minimum Gasteiger partial charge on any atom is -0.481 e. The Bertz CT molecular complexity index is 903. The van der Waals surface area contributed by atoms with Crippen LogP contribution in [0.2, 0.25) is 0 Å². The Morgan fingerprint density at radius 3 is 1.58 bits per heavy atom. The molecule has 4 amide bonds. The summed E-state index contributed by atoms with van der Waals surface area (Å²) < 4.78 is 0. The van der Waals surface area contributed by atoms with Crippen molar-refractivity contribution in [3.63, 3.8) is 0 Å². The standard InChI is InChI=1S/C23H36N4O11/c1-5-6-16(29)14(9-18(32)33)26-23(38)20(11(2)3)27-21(36)13(7-8-17(30)31)25-22(37)15(10-19(34)35)24-12(4)28/h11,13-15,20H,5-10H2,1-4H3,(H,24,28)(H,25,37)(H,26,38)(H,27,36)(H,30,31)(H,32,33)(H,34,35). The van der Waals surface area contributed by atoms with Gasteiger partial charge in [0.15, 0.2) is 5.78 Å². The molecule has 0 aliphatic carbocycles. The van der Waals surface area contributed by atoms with Crippen LogP contribution in [0.4, 0.5) is 0 Å². The van der Waals surface area contributed by atoms with Crippen LogP contribution in [0.15, 0.2) is 0 Å². The summed E-state index contributed by atoms with van der Waals surface area (Å²) in [7, 11) is 0. The molecule has 4 atom stereocenters. The summed E-state index contributed by atoms with van der Waals surface area (Å²) in [4.78, 5) is 95.5. The van der Waals surface area contributed by atoms with Crippen molar-refractivity contribution in [2.75, 3.05) is 0 Å². The zero-order chi connectivity index (χ0) is 29.6. The van der Waals surface area contributed by atoms with Crippen LogP contribution in [0, 0.1) is 5.92 Å². The van der Waals surface area contributed by atoms with E-state index in [1.54, 1.807) is 20.8 Å². The van der Waals surface area contributed by atoms with Gasteiger partial charge in [-0.05, 0) is 18.8 Å². The molecule has 0 aromatic carbocycles. The van der Waals surface area contributed by atoms with Gasteiger partial charge in [-0.25, -0.2) is 0 Å². The number of amides is 4. The highest BCUT2D eigenvalue weighted by Crippen LogP contribution is 2.08. The number of Topliss-reactive ketones (excluding diaryl/α,β-unsaturated/α-hetero) is 1. The van der Waals surface area contributed by atoms with Crippen molar-refractivity contribution in [2.45, 2.75) is 90.4 Å². The number of carboxylic acid groups (broad SMARTS) is 3. The maximum absolute atomic E-state index is 13.0. The van der Waals surface area contributed by atoms with Gasteiger partial charge in [0.2, 0.25) is 23.6 Å². The van der Waals surface area contributed by atoms with Crippen molar-refractivity contribution in [1.82, 2.24) is 21.3 Å². The lowest BCUT2D eigenvalue weighted by atomic mass is 9.99. The van der Waals surface area contributed by atoms with Gasteiger partial charge in [-0.15, -0.1) is 0 Å². The van der Waals surface area contributed by atoms with E-state index in [1.165, 1.54) is 0 Å². The van der Waals surface area contributed by atoms with Crippen molar-refractivity contribution >= 4 is 47.3 Å². The predicted octanol–water partition coefficient (Wildman–Crippen LogP) is -1.22. The molecule has 0 aliphatic heterocycles. The highest BCUT2D eigenvalue weighted by Gasteiger charge is 2.33. The Hall–Kier alpha value is -4.04. The predicted molar refractivity (Wildman–Crippen MR) is 130 cm³/mol. The second-order valence-electron chi connectivity index (χ2n) is 8.95. The monoisotopic (exact) mass is 544 g/mol. The maximum atomic E-state index is 13.0. The molecule has 0 rings (SSSR count). The number of carboxylic acids is 3. The van der Waals surface area contributed by atoms with E-state index in [4.69, 9.17) is 15.3 Å². The Labute approximate surface area is 219 Å². The highest BCUT2D eigenvalue weighted by atomic mass is 16.4. The molecule has 0 heterocycles. The molecule has 0 aromatic heterocycles. The first-order chi connectivity index (χ1) is 17.6. The fourth-order valence-electron chi connectivity index (χ4n) is 3.33. The van der Waals surface area contributed by atoms with Crippen molar-refractivity contribution in [3.8, 4) is 0 Å². The second kappa shape index (κ2) is 16.7. The third-order valence-corrected chi connectivity index (χ3v) is 5.18. The summed E-state index contributed by atoms with van der Waals surface area (Å²) in [5, 5.41) is 36.2. The summed E-state index contributed by atoms with van der Waals surface area (Å²) in [6.45, 7) is 5.85. The number of carbonyl (C=O) groups is 8. The molecule has 214 valence electrons. The van der Waals surface area contributed by atoms with Gasteiger partial charge in [0.1, 0.15) is 18.1 Å². The molecule has 38 heavy (non-hydrogen) atoms. The van der Waals surface area contributed by atoms with Gasteiger partial charge in [0, 0.05) is 19.8 Å². The highest BCUT2D eigenvalue weighted by molar-refractivity contribution is 5.97. The van der Waals surface area contributed by atoms with Gasteiger partial charge in [0.05, 0.1) is 18.9 Å². The Balaban J connectivity index is 5.82. The normalized spacial score (nSPS) is 13.8. The van der Waals surface area contributed by atoms with Crippen molar-refractivity contribution in [2.24, 2.45) is 5.92 Å². The SMILES string of the molecule is CCCC(=O)C(CC(=O)O)NC(=O)C(NC(=O)C(CCC(=O)O)NC(=O)C(CC(=O)O)NC(C)=O)C(C)C. The van der Waals surface area contributed by atoms with Crippen molar-refractivity contribution in [3.05, 3.63) is 0 Å². The zero-order valence-corrected chi connectivity index (χ0v) is 21.7. The minimum absolute atomic E-state index is 0.0199. The van der Waals surface area contributed by atoms with Crippen LogP contribution in [0.3, 0.4) is 0 Å². The second-order valence-corrected chi connectivity index (χ2v) is 8.95. The first kappa shape index (κ1) is 34.0. The molecule has 0 radical (unpaired) electrons. The fraction of sp³-hybridized carbons (Fsp3) is 0.652. The van der Waals surface area contributed by atoms with Crippen LogP contribution in [0.1, 0.15) is 66.2 Å². The molecule has 0 aliphatic rings. The van der Waals surface area contributed by atoms with E-state index in [0.717, 1.165) is 6.92 Å². The number of aliphatic carboxylic acids is 3. The zero-order valence-electron chi connectivity index (χ0n) is 21.7. The number of ketones is 1. The molecule has 0 fully saturated rings. The lowest BCUT2D eigenvalue weighted by molar-refractivity contribution is -0.142. The van der Waals surface area contributed by atoms with E-state index in [-0.39, 0.29) is 6.42 Å². The summed E-state index contributed by atoms with van der Waals surface area (Å²) in [5.74, 6) is -8.77. The Morgan fingerprint density at radius 1 is 0.632 bits per heavy atom. The van der Waals surface area contributed by atoms with Gasteiger partial charge in [-0.2, -0.15) is 0 Å². The first-order valence-corrected chi connectivity index (χ1v) is 11.9. The molecule has 0 bridgehead atoms. The van der Waals surface area contributed by atoms with Crippen LogP contribution in [-0.2, 0) is 38.4 Å². The smallest absolute Gasteiger partial charge is 0.305 e. The largest absolute Gasteiger partial charge is 0.481 e. The van der Waals surface area contributed by atoms with Gasteiger partial charge in [-0.3, -0.25) is 38.4 Å². The lowest BCUT2D eigenvalue weighted by Crippen LogP contribution is -2.59. The maximum Gasteiger partial charge on any atom is 0.305 e. The van der Waals surface area contributed by atoms with Crippen LogP contribution in [0.5, 0.6) is 0 Å². The molecule has 7 N–H and O–H groups in total. The number of carbonyl (C=O) groups excluding carboxylic acids is 5. The minimum atomic E-state index is -1.56. The number of hydrogen-bond acceptors (Lipinski definition) is 8. The van der Waals surface area contributed by atoms with Crippen molar-refractivity contribution < 1.29 is 53.7 Å². The van der Waals surface area contributed by atoms with Crippen LogP contribution in [-0.4, -0.2) is 86.8 Å². The molecular weight excluding hydrogens is 508 g/mol. The van der Waals surface area contributed by atoms with E-state index in [0.29, 0.717) is 6.42 Å². The lowest BCUT2D eigenvalue weighted by Gasteiger charge is -2.27. The molecule has 0 spiro atoms. The topological polar surface area (TPSA) is 245 Å². The van der Waals surface area contributed by atoms with E-state index in [9.17, 15) is 38.4 Å². The van der Waals surface area contributed by atoms with E-state index >= 15 is 0 Å². The molecule has 15 nitrogen and oxygen atoms in total.